The Kier molecular flexibility index (Phi) is 7.12. The van der Waals surface area contributed by atoms with E-state index in [4.69, 9.17) is 14.0 Å². The number of carbonyl (C=O) groups is 1. The predicted molar refractivity (Wildman–Crippen MR) is 146 cm³/mol. The maximum absolute atomic E-state index is 14.9. The smallest absolute Gasteiger partial charge is 0.339 e. The molecule has 0 bridgehead atoms. The third-order valence-electron chi connectivity index (χ3n) is 7.15. The molecule has 0 fully saturated rings. The van der Waals surface area contributed by atoms with Crippen molar-refractivity contribution in [2.45, 2.75) is 32.1 Å². The normalized spacial score (nSPS) is 11.7. The molecule has 9 nitrogen and oxygen atoms in total. The van der Waals surface area contributed by atoms with Crippen LogP contribution in [0.1, 0.15) is 42.1 Å². The first-order valence-electron chi connectivity index (χ1n) is 12.6. The molecule has 0 atom stereocenters. The Morgan fingerprint density at radius 3 is 2.46 bits per heavy atom. The molecule has 212 valence electrons. The van der Waals surface area contributed by atoms with Crippen molar-refractivity contribution in [3.63, 3.8) is 0 Å². The van der Waals surface area contributed by atoms with E-state index in [1.54, 1.807) is 16.7 Å². The van der Waals surface area contributed by atoms with E-state index in [0.29, 0.717) is 52.1 Å². The molecule has 0 amide bonds. The summed E-state index contributed by atoms with van der Waals surface area (Å²) < 4.78 is 46.6. The van der Waals surface area contributed by atoms with Gasteiger partial charge in [-0.3, -0.25) is 0 Å². The number of carboxylic acids is 1. The molecule has 0 spiro atoms. The van der Waals surface area contributed by atoms with Gasteiger partial charge in [0.25, 0.3) is 0 Å². The van der Waals surface area contributed by atoms with E-state index in [9.17, 15) is 23.8 Å². The Morgan fingerprint density at radius 1 is 1.05 bits per heavy atom. The van der Waals surface area contributed by atoms with Gasteiger partial charge in [0.15, 0.2) is 17.4 Å². The van der Waals surface area contributed by atoms with Crippen molar-refractivity contribution in [3.05, 3.63) is 83.6 Å². The summed E-state index contributed by atoms with van der Waals surface area (Å²) in [5, 5.41) is 25.0. The molecule has 3 aromatic carbocycles. The zero-order valence-corrected chi connectivity index (χ0v) is 22.7. The van der Waals surface area contributed by atoms with Gasteiger partial charge in [-0.2, -0.15) is 4.98 Å². The van der Waals surface area contributed by atoms with E-state index >= 15 is 0 Å². The molecule has 5 rings (SSSR count). The number of benzene rings is 3. The zero-order chi connectivity index (χ0) is 29.5. The Labute approximate surface area is 233 Å². The number of hydrogen-bond donors (Lipinski definition) is 2. The first kappa shape index (κ1) is 27.6. The van der Waals surface area contributed by atoms with Crippen molar-refractivity contribution < 1.29 is 37.8 Å². The fraction of sp³-hybridized carbons (Fsp3) is 0.233. The number of fused-ring (bicyclic) bond motifs is 1. The lowest BCUT2D eigenvalue weighted by Crippen LogP contribution is -2.23. The van der Waals surface area contributed by atoms with Crippen LogP contribution in [0.25, 0.3) is 27.7 Å². The maximum atomic E-state index is 14.9. The number of aromatic carboxylic acids is 1. The Bertz CT molecular complexity index is 1760. The molecular formula is C30H27F2N3O6. The highest BCUT2D eigenvalue weighted by atomic mass is 19.1. The van der Waals surface area contributed by atoms with Crippen LogP contribution < -0.4 is 9.47 Å². The summed E-state index contributed by atoms with van der Waals surface area (Å²) in [5.41, 5.74) is 1.70. The zero-order valence-electron chi connectivity index (χ0n) is 22.7. The number of rotatable bonds is 9. The van der Waals surface area contributed by atoms with Gasteiger partial charge >= 0.3 is 5.97 Å². The van der Waals surface area contributed by atoms with Crippen molar-refractivity contribution >= 4 is 16.9 Å². The average molecular weight is 564 g/mol. The average Bonchev–Trinajstić information content (AvgIpc) is 3.58. The largest absolute Gasteiger partial charge is 0.507 e. The Balaban J connectivity index is 1.89. The van der Waals surface area contributed by atoms with Crippen LogP contribution in [-0.4, -0.2) is 45.1 Å². The number of aromatic hydroxyl groups is 1. The monoisotopic (exact) mass is 563 g/mol. The summed E-state index contributed by atoms with van der Waals surface area (Å²) in [7, 11) is 2.71. The number of nitrogens with zero attached hydrogens (tertiary/aromatic N) is 3. The Morgan fingerprint density at radius 2 is 1.80 bits per heavy atom. The van der Waals surface area contributed by atoms with E-state index in [0.717, 1.165) is 6.07 Å². The number of hydrogen-bond acceptors (Lipinski definition) is 7. The molecule has 2 aromatic heterocycles. The van der Waals surface area contributed by atoms with Crippen molar-refractivity contribution in [1.29, 1.82) is 0 Å². The molecule has 0 unspecified atom stereocenters. The minimum Gasteiger partial charge on any atom is -0.507 e. The maximum Gasteiger partial charge on any atom is 0.339 e. The van der Waals surface area contributed by atoms with Gasteiger partial charge in [-0.1, -0.05) is 25.1 Å². The van der Waals surface area contributed by atoms with E-state index in [-0.39, 0.29) is 22.8 Å². The minimum absolute atomic E-state index is 0.0189. The highest BCUT2D eigenvalue weighted by molar-refractivity contribution is 6.04. The van der Waals surface area contributed by atoms with E-state index in [2.05, 4.69) is 10.1 Å². The van der Waals surface area contributed by atoms with Gasteiger partial charge < -0.3 is 28.8 Å². The molecule has 0 saturated carbocycles. The van der Waals surface area contributed by atoms with Crippen LogP contribution in [-0.2, 0) is 11.8 Å². The van der Waals surface area contributed by atoms with Gasteiger partial charge in [-0.15, -0.1) is 0 Å². The second kappa shape index (κ2) is 10.6. The number of phenolic OH excluding ortho intramolecular Hbond substituents is 1. The summed E-state index contributed by atoms with van der Waals surface area (Å²) in [5.74, 6) is -2.16. The van der Waals surface area contributed by atoms with Crippen LogP contribution in [0.4, 0.5) is 8.78 Å². The topological polar surface area (TPSA) is 120 Å². The van der Waals surface area contributed by atoms with Crippen LogP contribution in [0, 0.1) is 11.6 Å². The quantitative estimate of drug-likeness (QED) is 0.215. The molecule has 0 radical (unpaired) electrons. The number of phenols is 1. The molecule has 0 saturated heterocycles. The van der Waals surface area contributed by atoms with E-state index < -0.39 is 23.0 Å². The van der Waals surface area contributed by atoms with Crippen LogP contribution >= 0.6 is 0 Å². The Hall–Kier alpha value is -4.93. The second-order valence-electron chi connectivity index (χ2n) is 10.1. The summed E-state index contributed by atoms with van der Waals surface area (Å²) >= 11 is 0. The van der Waals surface area contributed by atoms with Gasteiger partial charge in [0.2, 0.25) is 6.39 Å². The third kappa shape index (κ3) is 4.94. The number of aromatic nitrogens is 3. The standard InChI is InChI=1S/C30H27F2N3O6/c1-30(2,10-9-25-33-15-41-34-25)28-26(16-5-7-19(29(37)38)23(11-16)39-3)27-21(12-17(31)13-22(27)36)35(28)18-6-8-20(32)24(14-18)40-4/h5-8,11-15,36H,9-10H2,1-4H3,(H,37,38). The second-order valence-corrected chi connectivity index (χ2v) is 10.1. The van der Waals surface area contributed by atoms with Crippen molar-refractivity contribution in [1.82, 2.24) is 14.7 Å². The van der Waals surface area contributed by atoms with Crippen LogP contribution in [0.2, 0.25) is 0 Å². The molecule has 2 heterocycles. The molecule has 0 aliphatic carbocycles. The molecule has 0 aliphatic heterocycles. The lowest BCUT2D eigenvalue weighted by atomic mass is 9.80. The summed E-state index contributed by atoms with van der Waals surface area (Å²) in [6.45, 7) is 3.94. The van der Waals surface area contributed by atoms with Crippen LogP contribution in [0.3, 0.4) is 0 Å². The first-order chi connectivity index (χ1) is 19.6. The van der Waals surface area contributed by atoms with Crippen LogP contribution in [0.5, 0.6) is 17.2 Å². The lowest BCUT2D eigenvalue weighted by molar-refractivity contribution is 0.0693. The fourth-order valence-corrected chi connectivity index (χ4v) is 5.21. The molecular weight excluding hydrogens is 536 g/mol. The van der Waals surface area contributed by atoms with Crippen LogP contribution in [0.15, 0.2) is 59.4 Å². The lowest BCUT2D eigenvalue weighted by Gasteiger charge is -2.29. The molecule has 2 N–H and O–H groups in total. The summed E-state index contributed by atoms with van der Waals surface area (Å²) in [6, 6.07) is 11.2. The number of aryl methyl sites for hydroxylation is 1. The number of methoxy groups -OCH3 is 2. The minimum atomic E-state index is -1.17. The van der Waals surface area contributed by atoms with Crippen molar-refractivity contribution in [2.75, 3.05) is 14.2 Å². The van der Waals surface area contributed by atoms with Gasteiger partial charge in [-0.05, 0) is 42.3 Å². The van der Waals surface area contributed by atoms with Crippen molar-refractivity contribution in [3.8, 4) is 34.1 Å². The number of halogens is 2. The van der Waals surface area contributed by atoms with Gasteiger partial charge in [-0.25, -0.2) is 13.6 Å². The molecule has 11 heteroatoms. The van der Waals surface area contributed by atoms with Crippen molar-refractivity contribution in [2.24, 2.45) is 0 Å². The molecule has 5 aromatic rings. The third-order valence-corrected chi connectivity index (χ3v) is 7.15. The summed E-state index contributed by atoms with van der Waals surface area (Å²) in [6.07, 6.45) is 2.16. The number of ether oxygens (including phenoxy) is 2. The summed E-state index contributed by atoms with van der Waals surface area (Å²) in [4.78, 5) is 15.9. The van der Waals surface area contributed by atoms with Gasteiger partial charge in [0.05, 0.1) is 25.1 Å². The number of carboxylic acid groups (broad SMARTS) is 1. The van der Waals surface area contributed by atoms with E-state index in [1.807, 2.05) is 13.8 Å². The van der Waals surface area contributed by atoms with Gasteiger partial charge in [0.1, 0.15) is 22.9 Å². The highest BCUT2D eigenvalue weighted by Crippen LogP contribution is 2.48. The van der Waals surface area contributed by atoms with Gasteiger partial charge in [0, 0.05) is 40.9 Å². The fourth-order valence-electron chi connectivity index (χ4n) is 5.21. The molecule has 0 aliphatic rings. The highest BCUT2D eigenvalue weighted by Gasteiger charge is 2.34. The molecule has 41 heavy (non-hydrogen) atoms. The predicted octanol–water partition coefficient (Wildman–Crippen LogP) is 6.29. The SMILES string of the molecule is COc1cc(-n2c(C(C)(C)CCc3ncon3)c(-c3ccc(C(=O)O)c(OC)c3)c3c(O)cc(F)cc32)ccc1F. The van der Waals surface area contributed by atoms with E-state index in [1.165, 1.54) is 50.9 Å². The first-order valence-corrected chi connectivity index (χ1v) is 12.6.